The van der Waals surface area contributed by atoms with Crippen molar-refractivity contribution in [2.24, 2.45) is 5.92 Å². The zero-order valence-electron chi connectivity index (χ0n) is 9.05. The highest BCUT2D eigenvalue weighted by molar-refractivity contribution is 7.89. The summed E-state index contributed by atoms with van der Waals surface area (Å²) in [6, 6.07) is -0.330. The van der Waals surface area contributed by atoms with Crippen molar-refractivity contribution < 1.29 is 21.6 Å². The maximum absolute atomic E-state index is 12.3. The van der Waals surface area contributed by atoms with Gasteiger partial charge in [-0.1, -0.05) is 0 Å². The minimum absolute atomic E-state index is 0.0143. The van der Waals surface area contributed by atoms with Gasteiger partial charge in [-0.25, -0.2) is 13.1 Å². The largest absolute Gasteiger partial charge is 0.391 e. The summed E-state index contributed by atoms with van der Waals surface area (Å²) in [5, 5.41) is 0. The molecule has 0 radical (unpaired) electrons. The van der Waals surface area contributed by atoms with E-state index in [1.807, 2.05) is 0 Å². The smallest absolute Gasteiger partial charge is 0.212 e. The lowest BCUT2D eigenvalue weighted by Gasteiger charge is -2.29. The van der Waals surface area contributed by atoms with Crippen molar-refractivity contribution in [1.82, 2.24) is 4.72 Å². The second kappa shape index (κ2) is 4.91. The van der Waals surface area contributed by atoms with E-state index in [9.17, 15) is 21.6 Å². The summed E-state index contributed by atoms with van der Waals surface area (Å²) in [6.07, 6.45) is -3.58. The Morgan fingerprint density at radius 2 is 1.69 bits per heavy atom. The fraction of sp³-hybridized carbons (Fsp3) is 1.00. The van der Waals surface area contributed by atoms with E-state index in [-0.39, 0.29) is 37.5 Å². The molecule has 1 N–H and O–H groups in total. The summed E-state index contributed by atoms with van der Waals surface area (Å²) in [4.78, 5) is 0. The number of sulfonamides is 1. The quantitative estimate of drug-likeness (QED) is 0.843. The van der Waals surface area contributed by atoms with Gasteiger partial charge in [-0.2, -0.15) is 13.2 Å². The van der Waals surface area contributed by atoms with E-state index in [1.54, 1.807) is 0 Å². The van der Waals surface area contributed by atoms with Crippen molar-refractivity contribution in [3.05, 3.63) is 0 Å². The SMILES string of the molecule is CCS(=O)(=O)NC1CCC(C(F)(F)F)CC1. The zero-order valence-corrected chi connectivity index (χ0v) is 9.87. The van der Waals surface area contributed by atoms with E-state index in [2.05, 4.69) is 4.72 Å². The molecule has 0 atom stereocenters. The first-order valence-electron chi connectivity index (χ1n) is 5.31. The number of hydrogen-bond donors (Lipinski definition) is 1. The molecule has 96 valence electrons. The highest BCUT2D eigenvalue weighted by Crippen LogP contribution is 2.37. The monoisotopic (exact) mass is 259 g/mol. The topological polar surface area (TPSA) is 46.2 Å². The minimum Gasteiger partial charge on any atom is -0.212 e. The van der Waals surface area contributed by atoms with Crippen LogP contribution in [-0.2, 0) is 10.0 Å². The molecule has 0 unspecified atom stereocenters. The van der Waals surface area contributed by atoms with E-state index in [1.165, 1.54) is 6.92 Å². The van der Waals surface area contributed by atoms with E-state index >= 15 is 0 Å². The van der Waals surface area contributed by atoms with Crippen LogP contribution < -0.4 is 4.72 Å². The predicted octanol–water partition coefficient (Wildman–Crippen LogP) is 2.05. The van der Waals surface area contributed by atoms with Gasteiger partial charge < -0.3 is 0 Å². The van der Waals surface area contributed by atoms with E-state index < -0.39 is 22.1 Å². The molecule has 1 rings (SSSR count). The number of rotatable bonds is 3. The van der Waals surface area contributed by atoms with Crippen LogP contribution in [-0.4, -0.2) is 26.4 Å². The number of nitrogens with one attached hydrogen (secondary N) is 1. The first-order chi connectivity index (χ1) is 7.24. The van der Waals surface area contributed by atoms with Gasteiger partial charge in [0, 0.05) is 6.04 Å². The molecule has 0 amide bonds. The van der Waals surface area contributed by atoms with Crippen LogP contribution in [0.15, 0.2) is 0 Å². The van der Waals surface area contributed by atoms with Crippen molar-refractivity contribution in [2.75, 3.05) is 5.75 Å². The molecule has 7 heteroatoms. The molecule has 0 spiro atoms. The summed E-state index contributed by atoms with van der Waals surface area (Å²) >= 11 is 0. The molecule has 0 bridgehead atoms. The summed E-state index contributed by atoms with van der Waals surface area (Å²) < 4.78 is 61.8. The lowest BCUT2D eigenvalue weighted by molar-refractivity contribution is -0.182. The van der Waals surface area contributed by atoms with Gasteiger partial charge in [0.05, 0.1) is 11.7 Å². The maximum atomic E-state index is 12.3. The van der Waals surface area contributed by atoms with Crippen LogP contribution in [0.3, 0.4) is 0 Å². The van der Waals surface area contributed by atoms with Crippen molar-refractivity contribution in [2.45, 2.75) is 44.8 Å². The predicted molar refractivity (Wildman–Crippen MR) is 54.4 cm³/mol. The van der Waals surface area contributed by atoms with Gasteiger partial charge in [0.2, 0.25) is 10.0 Å². The Morgan fingerprint density at radius 3 is 2.06 bits per heavy atom. The lowest BCUT2D eigenvalue weighted by atomic mass is 9.86. The summed E-state index contributed by atoms with van der Waals surface area (Å²) in [5.41, 5.74) is 0. The molecule has 0 aromatic heterocycles. The average molecular weight is 259 g/mol. The second-order valence-corrected chi connectivity index (χ2v) is 6.15. The Labute approximate surface area is 93.5 Å². The average Bonchev–Trinajstić information content (AvgIpc) is 2.16. The molecular weight excluding hydrogens is 243 g/mol. The molecule has 0 saturated heterocycles. The van der Waals surface area contributed by atoms with Crippen molar-refractivity contribution in [3.8, 4) is 0 Å². The molecule has 1 aliphatic carbocycles. The van der Waals surface area contributed by atoms with E-state index in [0.717, 1.165) is 0 Å². The van der Waals surface area contributed by atoms with Crippen LogP contribution in [0, 0.1) is 5.92 Å². The van der Waals surface area contributed by atoms with Gasteiger partial charge in [0.15, 0.2) is 0 Å². The molecule has 3 nitrogen and oxygen atoms in total. The maximum Gasteiger partial charge on any atom is 0.391 e. The fourth-order valence-electron chi connectivity index (χ4n) is 1.88. The van der Waals surface area contributed by atoms with Gasteiger partial charge in [0.25, 0.3) is 0 Å². The molecule has 0 aromatic rings. The van der Waals surface area contributed by atoms with Crippen molar-refractivity contribution in [1.29, 1.82) is 0 Å². The summed E-state index contributed by atoms with van der Waals surface area (Å²) in [6.45, 7) is 1.50. The molecule has 0 aliphatic heterocycles. The van der Waals surface area contributed by atoms with Gasteiger partial charge >= 0.3 is 6.18 Å². The third kappa shape index (κ3) is 3.93. The zero-order chi connectivity index (χ0) is 12.4. The lowest BCUT2D eigenvalue weighted by Crippen LogP contribution is -2.40. The number of hydrogen-bond acceptors (Lipinski definition) is 2. The Hall–Kier alpha value is -0.300. The standard InChI is InChI=1S/C9H16F3NO2S/c1-2-16(14,15)13-8-5-3-7(4-6-8)9(10,11)12/h7-8,13H,2-6H2,1H3. The first kappa shape index (κ1) is 13.8. The molecule has 1 saturated carbocycles. The molecule has 0 heterocycles. The molecule has 0 aromatic carbocycles. The van der Waals surface area contributed by atoms with Gasteiger partial charge in [-0.05, 0) is 32.6 Å². The highest BCUT2D eigenvalue weighted by Gasteiger charge is 2.41. The Morgan fingerprint density at radius 1 is 1.19 bits per heavy atom. The first-order valence-corrected chi connectivity index (χ1v) is 6.96. The molecule has 1 aliphatic rings. The van der Waals surface area contributed by atoms with Crippen LogP contribution in [0.1, 0.15) is 32.6 Å². The number of alkyl halides is 3. The van der Waals surface area contributed by atoms with Gasteiger partial charge in [-0.15, -0.1) is 0 Å². The summed E-state index contributed by atoms with van der Waals surface area (Å²) in [5.74, 6) is -1.30. The van der Waals surface area contributed by atoms with Gasteiger partial charge in [0.1, 0.15) is 0 Å². The third-order valence-electron chi connectivity index (χ3n) is 2.92. The van der Waals surface area contributed by atoms with Crippen molar-refractivity contribution >= 4 is 10.0 Å². The molecular formula is C9H16F3NO2S. The van der Waals surface area contributed by atoms with E-state index in [0.29, 0.717) is 0 Å². The Bertz CT molecular complexity index is 318. The van der Waals surface area contributed by atoms with Crippen molar-refractivity contribution in [3.63, 3.8) is 0 Å². The normalized spacial score (nSPS) is 28.0. The Kier molecular flexibility index (Phi) is 4.23. The summed E-state index contributed by atoms with van der Waals surface area (Å²) in [7, 11) is -3.30. The Balaban J connectivity index is 2.44. The van der Waals surface area contributed by atoms with Crippen LogP contribution in [0.2, 0.25) is 0 Å². The number of halogens is 3. The second-order valence-electron chi connectivity index (χ2n) is 4.11. The van der Waals surface area contributed by atoms with Crippen LogP contribution >= 0.6 is 0 Å². The van der Waals surface area contributed by atoms with Crippen LogP contribution in [0.5, 0.6) is 0 Å². The van der Waals surface area contributed by atoms with Crippen LogP contribution in [0.25, 0.3) is 0 Å². The molecule has 1 fully saturated rings. The molecule has 16 heavy (non-hydrogen) atoms. The highest BCUT2D eigenvalue weighted by atomic mass is 32.2. The third-order valence-corrected chi connectivity index (χ3v) is 4.37. The minimum atomic E-state index is -4.14. The van der Waals surface area contributed by atoms with E-state index in [4.69, 9.17) is 0 Å². The fourth-order valence-corrected chi connectivity index (χ4v) is 2.79. The van der Waals surface area contributed by atoms with Gasteiger partial charge in [-0.3, -0.25) is 0 Å². The van der Waals surface area contributed by atoms with Crippen LogP contribution in [0.4, 0.5) is 13.2 Å².